The summed E-state index contributed by atoms with van der Waals surface area (Å²) in [6, 6.07) is 5.08. The zero-order chi connectivity index (χ0) is 14.7. The second-order valence-electron chi connectivity index (χ2n) is 3.99. The quantitative estimate of drug-likeness (QED) is 0.808. The van der Waals surface area contributed by atoms with Gasteiger partial charge in [-0.05, 0) is 32.0 Å². The molecular weight excluding hydrogens is 282 g/mol. The number of benzene rings is 1. The molecule has 20 heavy (non-hydrogen) atoms. The minimum Gasteiger partial charge on any atom is -0.496 e. The maximum Gasteiger partial charge on any atom is 0.360 e. The molecule has 0 saturated carbocycles. The Balaban J connectivity index is 2.47. The van der Waals surface area contributed by atoms with Crippen LogP contribution in [-0.2, 0) is 4.74 Å². The third kappa shape index (κ3) is 2.77. The molecule has 0 atom stereocenters. The third-order valence-electron chi connectivity index (χ3n) is 2.66. The van der Waals surface area contributed by atoms with E-state index in [4.69, 9.17) is 25.5 Å². The van der Waals surface area contributed by atoms with Crippen LogP contribution in [0.1, 0.15) is 23.2 Å². The fourth-order valence-corrected chi connectivity index (χ4v) is 1.92. The van der Waals surface area contributed by atoms with Crippen molar-refractivity contribution < 1.29 is 18.7 Å². The Kier molecular flexibility index (Phi) is 4.29. The van der Waals surface area contributed by atoms with E-state index in [0.29, 0.717) is 22.1 Å². The summed E-state index contributed by atoms with van der Waals surface area (Å²) in [4.78, 5) is 15.9. The normalized spacial score (nSPS) is 10.4. The van der Waals surface area contributed by atoms with E-state index in [9.17, 15) is 4.79 Å². The van der Waals surface area contributed by atoms with Crippen LogP contribution in [0.4, 0.5) is 0 Å². The summed E-state index contributed by atoms with van der Waals surface area (Å²) >= 11 is 5.97. The third-order valence-corrected chi connectivity index (χ3v) is 2.89. The van der Waals surface area contributed by atoms with Crippen LogP contribution < -0.4 is 4.74 Å². The summed E-state index contributed by atoms with van der Waals surface area (Å²) in [6.45, 7) is 3.66. The molecule has 0 unspecified atom stereocenters. The molecule has 1 aromatic heterocycles. The van der Waals surface area contributed by atoms with E-state index in [1.807, 2.05) is 0 Å². The van der Waals surface area contributed by atoms with Crippen molar-refractivity contribution in [1.82, 2.24) is 4.98 Å². The Labute approximate surface area is 121 Å². The molecule has 0 bridgehead atoms. The monoisotopic (exact) mass is 295 g/mol. The molecule has 106 valence electrons. The van der Waals surface area contributed by atoms with Crippen molar-refractivity contribution >= 4 is 17.6 Å². The SMILES string of the molecule is CCOC(=O)c1nc(-c2cc(Cl)ccc2OC)oc1C. The van der Waals surface area contributed by atoms with Crippen LogP contribution in [0.25, 0.3) is 11.5 Å². The van der Waals surface area contributed by atoms with Gasteiger partial charge in [-0.2, -0.15) is 0 Å². The Morgan fingerprint density at radius 2 is 2.20 bits per heavy atom. The Morgan fingerprint density at radius 1 is 1.45 bits per heavy atom. The van der Waals surface area contributed by atoms with Crippen molar-refractivity contribution in [3.8, 4) is 17.2 Å². The number of ether oxygens (including phenoxy) is 2. The summed E-state index contributed by atoms with van der Waals surface area (Å²) in [6.07, 6.45) is 0. The molecule has 5 nitrogen and oxygen atoms in total. The maximum atomic E-state index is 11.7. The van der Waals surface area contributed by atoms with E-state index < -0.39 is 5.97 Å². The predicted octanol–water partition coefficient (Wildman–Crippen LogP) is 3.49. The van der Waals surface area contributed by atoms with Gasteiger partial charge >= 0.3 is 5.97 Å². The van der Waals surface area contributed by atoms with E-state index in [-0.39, 0.29) is 18.2 Å². The van der Waals surface area contributed by atoms with E-state index in [1.165, 1.54) is 7.11 Å². The molecule has 0 fully saturated rings. The number of aryl methyl sites for hydroxylation is 1. The second-order valence-corrected chi connectivity index (χ2v) is 4.43. The molecule has 0 spiro atoms. The minimum atomic E-state index is -0.513. The van der Waals surface area contributed by atoms with E-state index in [0.717, 1.165) is 0 Å². The number of carbonyl (C=O) groups excluding carboxylic acids is 1. The first-order valence-corrected chi connectivity index (χ1v) is 6.43. The number of halogens is 1. The number of aromatic nitrogens is 1. The van der Waals surface area contributed by atoms with E-state index in [2.05, 4.69) is 4.98 Å². The summed E-state index contributed by atoms with van der Waals surface area (Å²) in [5.74, 6) is 0.706. The van der Waals surface area contributed by atoms with Gasteiger partial charge in [0.05, 0.1) is 19.3 Å². The Bertz CT molecular complexity index is 636. The molecule has 2 aromatic rings. The average Bonchev–Trinajstić information content (AvgIpc) is 2.81. The number of nitrogens with zero attached hydrogens (tertiary/aromatic N) is 1. The molecule has 1 heterocycles. The van der Waals surface area contributed by atoms with Crippen LogP contribution in [0.15, 0.2) is 22.6 Å². The van der Waals surface area contributed by atoms with Gasteiger partial charge in [-0.25, -0.2) is 9.78 Å². The lowest BCUT2D eigenvalue weighted by atomic mass is 10.2. The highest BCUT2D eigenvalue weighted by atomic mass is 35.5. The van der Waals surface area contributed by atoms with Crippen LogP contribution >= 0.6 is 11.6 Å². The Morgan fingerprint density at radius 3 is 2.85 bits per heavy atom. The first-order valence-electron chi connectivity index (χ1n) is 6.05. The standard InChI is InChI=1S/C14H14ClNO4/c1-4-19-14(17)12-8(2)20-13(16-12)10-7-9(15)5-6-11(10)18-3/h5-7H,4H2,1-3H3. The van der Waals surface area contributed by atoms with Crippen LogP contribution in [0.3, 0.4) is 0 Å². The van der Waals surface area contributed by atoms with Gasteiger partial charge in [0.25, 0.3) is 0 Å². The fraction of sp³-hybridized carbons (Fsp3) is 0.286. The van der Waals surface area contributed by atoms with Gasteiger partial charge in [0.1, 0.15) is 11.5 Å². The molecule has 0 saturated heterocycles. The molecule has 0 aliphatic rings. The van der Waals surface area contributed by atoms with Crippen LogP contribution in [0.2, 0.25) is 5.02 Å². The van der Waals surface area contributed by atoms with Crippen molar-refractivity contribution in [3.63, 3.8) is 0 Å². The number of hydrogen-bond acceptors (Lipinski definition) is 5. The van der Waals surface area contributed by atoms with Crippen molar-refractivity contribution in [3.05, 3.63) is 34.7 Å². The van der Waals surface area contributed by atoms with E-state index >= 15 is 0 Å². The smallest absolute Gasteiger partial charge is 0.360 e. The molecule has 0 N–H and O–H groups in total. The topological polar surface area (TPSA) is 61.6 Å². The van der Waals surface area contributed by atoms with Crippen LogP contribution in [-0.4, -0.2) is 24.7 Å². The summed E-state index contributed by atoms with van der Waals surface area (Å²) in [5, 5.41) is 0.523. The highest BCUT2D eigenvalue weighted by Gasteiger charge is 2.21. The number of oxazole rings is 1. The number of methoxy groups -OCH3 is 1. The maximum absolute atomic E-state index is 11.7. The number of hydrogen-bond donors (Lipinski definition) is 0. The number of esters is 1. The van der Waals surface area contributed by atoms with Gasteiger partial charge in [0.15, 0.2) is 5.69 Å². The Hall–Kier alpha value is -2.01. The van der Waals surface area contributed by atoms with Crippen LogP contribution in [0, 0.1) is 6.92 Å². The van der Waals surface area contributed by atoms with Gasteiger partial charge in [-0.15, -0.1) is 0 Å². The lowest BCUT2D eigenvalue weighted by Crippen LogP contribution is -2.06. The zero-order valence-corrected chi connectivity index (χ0v) is 12.2. The lowest BCUT2D eigenvalue weighted by Gasteiger charge is -2.05. The number of rotatable bonds is 4. The molecule has 0 aliphatic heterocycles. The molecule has 0 aliphatic carbocycles. The van der Waals surface area contributed by atoms with Gasteiger partial charge in [0, 0.05) is 5.02 Å². The average molecular weight is 296 g/mol. The van der Waals surface area contributed by atoms with Gasteiger partial charge in [-0.1, -0.05) is 11.6 Å². The highest BCUT2D eigenvalue weighted by Crippen LogP contribution is 2.33. The predicted molar refractivity (Wildman–Crippen MR) is 74.2 cm³/mol. The zero-order valence-electron chi connectivity index (χ0n) is 11.4. The van der Waals surface area contributed by atoms with Gasteiger partial charge in [0.2, 0.25) is 5.89 Å². The first kappa shape index (κ1) is 14.4. The van der Waals surface area contributed by atoms with Crippen molar-refractivity contribution in [2.24, 2.45) is 0 Å². The van der Waals surface area contributed by atoms with Gasteiger partial charge in [-0.3, -0.25) is 0 Å². The van der Waals surface area contributed by atoms with Crippen molar-refractivity contribution in [2.75, 3.05) is 13.7 Å². The lowest BCUT2D eigenvalue weighted by molar-refractivity contribution is 0.0518. The second kappa shape index (κ2) is 5.96. The van der Waals surface area contributed by atoms with E-state index in [1.54, 1.807) is 32.0 Å². The first-order chi connectivity index (χ1) is 9.56. The molecule has 6 heteroatoms. The summed E-state index contributed by atoms with van der Waals surface area (Å²) in [5.41, 5.74) is 0.738. The molecule has 1 aromatic carbocycles. The van der Waals surface area contributed by atoms with Gasteiger partial charge < -0.3 is 13.9 Å². The molecule has 0 radical (unpaired) electrons. The fourth-order valence-electron chi connectivity index (χ4n) is 1.75. The molecular formula is C14H14ClNO4. The summed E-state index contributed by atoms with van der Waals surface area (Å²) < 4.78 is 15.7. The van der Waals surface area contributed by atoms with Crippen molar-refractivity contribution in [2.45, 2.75) is 13.8 Å². The molecule has 0 amide bonds. The summed E-state index contributed by atoms with van der Waals surface area (Å²) in [7, 11) is 1.54. The molecule has 2 rings (SSSR count). The van der Waals surface area contributed by atoms with Crippen molar-refractivity contribution in [1.29, 1.82) is 0 Å². The minimum absolute atomic E-state index is 0.156. The van der Waals surface area contributed by atoms with Crippen LogP contribution in [0.5, 0.6) is 5.75 Å². The number of carbonyl (C=O) groups is 1. The highest BCUT2D eigenvalue weighted by molar-refractivity contribution is 6.30. The largest absolute Gasteiger partial charge is 0.496 e.